The molecule has 0 atom stereocenters. The summed E-state index contributed by atoms with van der Waals surface area (Å²) < 4.78 is 19.4. The van der Waals surface area contributed by atoms with E-state index in [-0.39, 0.29) is 32.6 Å². The van der Waals surface area contributed by atoms with E-state index in [1.54, 1.807) is 54.5 Å². The molecule has 2 aromatic carbocycles. The van der Waals surface area contributed by atoms with Gasteiger partial charge in [-0.15, -0.1) is 0 Å². The molecule has 0 saturated carbocycles. The first-order valence-electron chi connectivity index (χ1n) is 28.4. The van der Waals surface area contributed by atoms with Crippen LogP contribution in [-0.4, -0.2) is 108 Å². The maximum absolute atomic E-state index is 11.3. The number of hydrogen-bond acceptors (Lipinski definition) is 13. The summed E-state index contributed by atoms with van der Waals surface area (Å²) in [5, 5.41) is 43.3. The average Bonchev–Trinajstić information content (AvgIpc) is 4.17. The first-order chi connectivity index (χ1) is 40.0. The van der Waals surface area contributed by atoms with E-state index in [1.165, 1.54) is 59.1 Å². The molecule has 1 radical (unpaired) electrons. The topological polar surface area (TPSA) is 248 Å². The Labute approximate surface area is 523 Å². The van der Waals surface area contributed by atoms with Crippen molar-refractivity contribution < 1.29 is 49.3 Å². The number of carbonyl (C=O) groups is 1. The Morgan fingerprint density at radius 2 is 0.918 bits per heavy atom. The molecule has 6 heterocycles. The number of rotatable bonds is 23. The molecule has 0 amide bonds. The van der Waals surface area contributed by atoms with E-state index in [0.717, 1.165) is 111 Å². The monoisotopic (exact) mass is 1260 g/mol. The second-order valence-corrected chi connectivity index (χ2v) is 19.2. The van der Waals surface area contributed by atoms with Crippen LogP contribution in [0.4, 0.5) is 0 Å². The second kappa shape index (κ2) is 56.4. The summed E-state index contributed by atoms with van der Waals surface area (Å²) in [6, 6.07) is 34.7. The van der Waals surface area contributed by atoms with Crippen LogP contribution in [0.5, 0.6) is 0 Å². The second-order valence-electron chi connectivity index (χ2n) is 18.1. The van der Waals surface area contributed by atoms with Crippen LogP contribution in [0.1, 0.15) is 180 Å². The number of nitriles is 3. The number of aromatic nitrogens is 4. The molecule has 85 heavy (non-hydrogen) atoms. The van der Waals surface area contributed by atoms with Gasteiger partial charge in [-0.05, 0) is 116 Å². The Morgan fingerprint density at radius 1 is 0.565 bits per heavy atom. The molecule has 2 saturated heterocycles. The number of unbranched alkanes of at least 4 members (excludes halogenated alkanes) is 8. The van der Waals surface area contributed by atoms with Crippen LogP contribution < -0.4 is 19.4 Å². The van der Waals surface area contributed by atoms with Gasteiger partial charge in [0.25, 0.3) is 0 Å². The number of nitrogens with zero attached hydrogens (tertiary/aromatic N) is 8. The van der Waals surface area contributed by atoms with Crippen LogP contribution in [0, 0.1) is 34.0 Å². The molecule has 0 bridgehead atoms. The Hall–Kier alpha value is -6.77. The number of benzene rings is 2. The summed E-state index contributed by atoms with van der Waals surface area (Å²) in [5.41, 5.74) is 5.69. The van der Waals surface area contributed by atoms with Crippen molar-refractivity contribution in [3.63, 3.8) is 0 Å². The van der Waals surface area contributed by atoms with E-state index in [9.17, 15) is 9.90 Å². The van der Waals surface area contributed by atoms with E-state index >= 15 is 0 Å². The molecule has 0 spiro atoms. The number of carboxylic acids is 1. The molecule has 2 fully saturated rings. The zero-order chi connectivity index (χ0) is 60.3. The fourth-order valence-corrected chi connectivity index (χ4v) is 7.57. The molecule has 469 valence electrons. The molecule has 21 heteroatoms. The quantitative estimate of drug-likeness (QED) is 0.0308. The minimum absolute atomic E-state index is 0. The van der Waals surface area contributed by atoms with Crippen molar-refractivity contribution >= 4 is 42.4 Å². The number of aromatic carboxylic acids is 1. The molecule has 0 aliphatic carbocycles. The summed E-state index contributed by atoms with van der Waals surface area (Å²) in [5.74, 6) is -0.984. The zero-order valence-electron chi connectivity index (χ0n) is 49.4. The average molecular weight is 1260 g/mol. The van der Waals surface area contributed by atoms with E-state index in [2.05, 4.69) is 86.6 Å². The molecule has 2 aliphatic rings. The van der Waals surface area contributed by atoms with Crippen molar-refractivity contribution in [3.8, 4) is 40.5 Å². The van der Waals surface area contributed by atoms with Crippen LogP contribution in [-0.2, 0) is 9.47 Å². The first-order valence-corrected chi connectivity index (χ1v) is 29.6. The van der Waals surface area contributed by atoms with Crippen LogP contribution in [0.25, 0.3) is 22.3 Å². The van der Waals surface area contributed by atoms with Gasteiger partial charge in [-0.1, -0.05) is 155 Å². The first kappa shape index (κ1) is 82.4. The van der Waals surface area contributed by atoms with Gasteiger partial charge < -0.3 is 44.5 Å². The van der Waals surface area contributed by atoms with Crippen LogP contribution >= 0.6 is 28.7 Å². The number of ether oxygens (including phenoxy) is 2. The summed E-state index contributed by atoms with van der Waals surface area (Å²) >= 11 is 6.49. The Kier molecular flexibility index (Phi) is 54.7. The van der Waals surface area contributed by atoms with E-state index in [1.807, 2.05) is 72.9 Å². The molecular formula is C64H97BBrN8O10S. The molecule has 0 unspecified atom stereocenters. The molecule has 8 rings (SSSR count). The van der Waals surface area contributed by atoms with Gasteiger partial charge in [0.15, 0.2) is 22.8 Å². The summed E-state index contributed by atoms with van der Waals surface area (Å²) in [6.07, 6.45) is 25.4. The summed E-state index contributed by atoms with van der Waals surface area (Å²) in [7, 11) is 4.34. The zero-order valence-corrected chi connectivity index (χ0v) is 51.9. The van der Waals surface area contributed by atoms with Crippen molar-refractivity contribution in [3.05, 3.63) is 143 Å². The number of aliphatic hydroxyl groups excluding tert-OH is 1. The standard InChI is InChI=1S/C16H18N2O.C16H19NO3.C10H13BrN2O.C10H14N2O.2C4H8O.C2H6O.2CH4.BHNS.H2O/c1-2-3-7-10-19-18-13-15(11-16(18)12-17)14-8-5-4-6-9-14;1-2-3-7-10-20-17-12-14(11-15(17)16(18)19)13-8-5-4-6-9-13;1-2-3-4-5-14-13-8-9(11)6-10(13)7-12;1-2-3-4-8-13-12-7-5-6-10(12)9-11;2*1-2-4-5-3-1;1-2-3;;;1-2-3;/h4-6,8-9,11,13H,2-3,7,10H2,1H3;4-6,8-9,11-12H,2-3,7,10H2,1H3,(H,18,19);6,8H,2-5H2,1H3;5-7H,2-4,8H2,1H3;2*1-4H2;3H,2H2,1H3;2*1H4;3H;1H2. The van der Waals surface area contributed by atoms with E-state index in [0.29, 0.717) is 43.5 Å². The fraction of sp³-hybridized carbons (Fsp3) is 0.500. The van der Waals surface area contributed by atoms with Gasteiger partial charge in [-0.25, -0.2) is 4.79 Å². The van der Waals surface area contributed by atoms with Gasteiger partial charge in [0.2, 0.25) is 0 Å². The molecular weight excluding hydrogens is 1160 g/mol. The molecule has 6 aromatic rings. The normalized spacial score (nSPS) is 11.0. The Morgan fingerprint density at radius 3 is 1.28 bits per heavy atom. The number of halogens is 1. The number of hydrogen-bond donors (Lipinski definition) is 3. The van der Waals surface area contributed by atoms with Gasteiger partial charge in [0.05, 0.1) is 18.6 Å². The van der Waals surface area contributed by atoms with Crippen LogP contribution in [0.15, 0.2) is 125 Å². The van der Waals surface area contributed by atoms with Crippen molar-refractivity contribution in [1.29, 1.82) is 15.8 Å². The van der Waals surface area contributed by atoms with Crippen LogP contribution in [0.3, 0.4) is 0 Å². The number of carboxylic acid groups (broad SMARTS) is 1. The number of aliphatic hydroxyl groups is 1. The summed E-state index contributed by atoms with van der Waals surface area (Å²) in [4.78, 5) is 33.2. The minimum atomic E-state index is -0.984. The maximum atomic E-state index is 11.3. The van der Waals surface area contributed by atoms with E-state index < -0.39 is 5.97 Å². The predicted octanol–water partition coefficient (Wildman–Crippen LogP) is 14.1. The van der Waals surface area contributed by atoms with Crippen LogP contribution in [0.2, 0.25) is 0 Å². The Balaban J connectivity index is -0.000000966. The van der Waals surface area contributed by atoms with Gasteiger partial charge in [0.1, 0.15) is 44.6 Å². The number of thiol groups is 1. The van der Waals surface area contributed by atoms with E-state index in [4.69, 9.17) is 49.7 Å². The third-order valence-corrected chi connectivity index (χ3v) is 11.8. The molecule has 2 aliphatic heterocycles. The SMILES string of the molecule is C.C.C1CCOC1.C1CCOC1.CCCCCOn1cc(-c2ccccc2)cc1C#N.CCCCCOn1cc(-c2ccccc2)cc1C(=O)O.CCCCCOn1cc(Br)cc1C#N.CCCCCOn1cccc1C#N.CCO.O.[B]=NS. The van der Waals surface area contributed by atoms with Gasteiger partial charge in [-0.3, -0.25) is 0 Å². The van der Waals surface area contributed by atoms with Gasteiger partial charge in [-0.2, -0.15) is 34.7 Å². The Bertz CT molecular complexity index is 2630. The molecule has 4 aromatic heterocycles. The third kappa shape index (κ3) is 38.0. The van der Waals surface area contributed by atoms with Crippen molar-refractivity contribution in [2.45, 2.75) is 152 Å². The van der Waals surface area contributed by atoms with Gasteiger partial charge in [0, 0.05) is 54.8 Å². The van der Waals surface area contributed by atoms with Crippen molar-refractivity contribution in [1.82, 2.24) is 18.9 Å². The third-order valence-electron chi connectivity index (χ3n) is 11.4. The van der Waals surface area contributed by atoms with Gasteiger partial charge >= 0.3 is 30.7 Å². The molecule has 4 N–H and O–H groups in total. The summed E-state index contributed by atoms with van der Waals surface area (Å²) in [6.45, 7) is 17.0. The van der Waals surface area contributed by atoms with Crippen molar-refractivity contribution in [2.24, 2.45) is 4.30 Å². The molecule has 18 nitrogen and oxygen atoms in total. The predicted molar refractivity (Wildman–Crippen MR) is 348 cm³/mol. The fourth-order valence-electron chi connectivity index (χ4n) is 7.16. The van der Waals surface area contributed by atoms with Crippen molar-refractivity contribution in [2.75, 3.05) is 59.5 Å².